The van der Waals surface area contributed by atoms with Gasteiger partial charge in [0.1, 0.15) is 18.3 Å². The van der Waals surface area contributed by atoms with Crippen LogP contribution in [0.3, 0.4) is 0 Å². The van der Waals surface area contributed by atoms with E-state index < -0.39 is 18.5 Å². The Hall–Kier alpha value is -1.06. The van der Waals surface area contributed by atoms with Crippen molar-refractivity contribution in [2.45, 2.75) is 50.5 Å². The van der Waals surface area contributed by atoms with E-state index in [-0.39, 0.29) is 36.9 Å². The summed E-state index contributed by atoms with van der Waals surface area (Å²) in [6.45, 7) is 1.80. The van der Waals surface area contributed by atoms with Gasteiger partial charge >= 0.3 is 0 Å². The molecule has 0 spiro atoms. The van der Waals surface area contributed by atoms with Gasteiger partial charge in [0.25, 0.3) is 11.8 Å². The summed E-state index contributed by atoms with van der Waals surface area (Å²) in [6, 6.07) is 0. The van der Waals surface area contributed by atoms with Gasteiger partial charge in [-0.3, -0.25) is 9.59 Å². The van der Waals surface area contributed by atoms with Gasteiger partial charge in [0, 0.05) is 34.2 Å². The van der Waals surface area contributed by atoms with Crippen LogP contribution in [0, 0.1) is 0 Å². The molecule has 0 saturated carbocycles. The highest BCUT2D eigenvalue weighted by Gasteiger charge is 2.48. The largest absolute Gasteiger partial charge is 0.376 e. The van der Waals surface area contributed by atoms with Crippen molar-refractivity contribution < 1.29 is 33.4 Å². The van der Waals surface area contributed by atoms with Crippen LogP contribution in [0.25, 0.3) is 0 Å². The van der Waals surface area contributed by atoms with Gasteiger partial charge in [0.05, 0.1) is 6.10 Å². The van der Waals surface area contributed by atoms with E-state index in [0.29, 0.717) is 0 Å². The molecule has 2 amide bonds. The van der Waals surface area contributed by atoms with Crippen LogP contribution in [-0.2, 0) is 33.4 Å². The van der Waals surface area contributed by atoms with Crippen molar-refractivity contribution in [1.29, 1.82) is 0 Å². The third kappa shape index (κ3) is 3.09. The number of ether oxygens (including phenoxy) is 4. The maximum atomic E-state index is 11.6. The first-order chi connectivity index (χ1) is 10.0. The molecule has 0 aliphatic carbocycles. The van der Waals surface area contributed by atoms with Crippen molar-refractivity contribution in [1.82, 2.24) is 5.06 Å². The van der Waals surface area contributed by atoms with E-state index in [0.717, 1.165) is 5.06 Å². The van der Waals surface area contributed by atoms with Crippen molar-refractivity contribution in [3.05, 3.63) is 0 Å². The lowest BCUT2D eigenvalue weighted by Gasteiger charge is -2.43. The Balaban J connectivity index is 2.14. The number of methoxy groups -OCH3 is 3. The Bertz CT molecular complexity index is 386. The van der Waals surface area contributed by atoms with Crippen LogP contribution in [0.4, 0.5) is 0 Å². The lowest BCUT2D eigenvalue weighted by Crippen LogP contribution is -2.60. The first-order valence-electron chi connectivity index (χ1n) is 6.79. The fraction of sp³-hybridized carbons (Fsp3) is 0.846. The average molecular weight is 303 g/mol. The highest BCUT2D eigenvalue weighted by Crippen LogP contribution is 2.29. The molecule has 2 heterocycles. The number of rotatable bonds is 5. The summed E-state index contributed by atoms with van der Waals surface area (Å²) in [6.07, 6.45) is -2.39. The molecule has 120 valence electrons. The smallest absolute Gasteiger partial charge is 0.254 e. The minimum Gasteiger partial charge on any atom is -0.376 e. The molecule has 2 aliphatic rings. The summed E-state index contributed by atoms with van der Waals surface area (Å²) in [5.41, 5.74) is 0. The van der Waals surface area contributed by atoms with Gasteiger partial charge in [0.15, 0.2) is 0 Å². The molecule has 0 N–H and O–H groups in total. The minimum atomic E-state index is -0.924. The number of hydroxylamine groups is 2. The maximum absolute atomic E-state index is 11.6. The third-order valence-electron chi connectivity index (χ3n) is 3.76. The van der Waals surface area contributed by atoms with Gasteiger partial charge in [-0.2, -0.15) is 5.06 Å². The lowest BCUT2D eigenvalue weighted by atomic mass is 9.99. The molecule has 0 bridgehead atoms. The van der Waals surface area contributed by atoms with Gasteiger partial charge < -0.3 is 18.9 Å². The molecule has 5 atom stereocenters. The van der Waals surface area contributed by atoms with Crippen molar-refractivity contribution in [3.63, 3.8) is 0 Å². The van der Waals surface area contributed by atoms with E-state index in [1.54, 1.807) is 14.0 Å². The molecule has 2 aliphatic heterocycles. The molecule has 0 aromatic carbocycles. The quantitative estimate of drug-likeness (QED) is 0.653. The monoisotopic (exact) mass is 303 g/mol. The number of carbonyl (C=O) groups excluding carboxylic acids is 2. The molecule has 0 unspecified atom stereocenters. The van der Waals surface area contributed by atoms with Crippen molar-refractivity contribution in [2.75, 3.05) is 21.3 Å². The Kier molecular flexibility index (Phi) is 5.28. The topological polar surface area (TPSA) is 83.5 Å². The molecule has 21 heavy (non-hydrogen) atoms. The van der Waals surface area contributed by atoms with Crippen LogP contribution in [0.1, 0.15) is 19.8 Å². The fourth-order valence-corrected chi connectivity index (χ4v) is 2.68. The second-order valence-electron chi connectivity index (χ2n) is 5.00. The van der Waals surface area contributed by atoms with Crippen molar-refractivity contribution in [2.24, 2.45) is 0 Å². The zero-order valence-electron chi connectivity index (χ0n) is 12.6. The van der Waals surface area contributed by atoms with Crippen LogP contribution in [0.15, 0.2) is 0 Å². The summed E-state index contributed by atoms with van der Waals surface area (Å²) in [5.74, 6) is -0.761. The minimum absolute atomic E-state index is 0.146. The van der Waals surface area contributed by atoms with Crippen LogP contribution in [-0.4, -0.2) is 68.9 Å². The lowest BCUT2D eigenvalue weighted by molar-refractivity contribution is -0.346. The zero-order chi connectivity index (χ0) is 15.6. The molecule has 0 radical (unpaired) electrons. The van der Waals surface area contributed by atoms with Gasteiger partial charge in [-0.1, -0.05) is 0 Å². The number of amides is 2. The molecule has 2 saturated heterocycles. The van der Waals surface area contributed by atoms with E-state index in [4.69, 9.17) is 23.8 Å². The fourth-order valence-electron chi connectivity index (χ4n) is 2.68. The third-order valence-corrected chi connectivity index (χ3v) is 3.76. The van der Waals surface area contributed by atoms with E-state index in [9.17, 15) is 9.59 Å². The van der Waals surface area contributed by atoms with Crippen LogP contribution < -0.4 is 0 Å². The van der Waals surface area contributed by atoms with Crippen molar-refractivity contribution >= 4 is 11.8 Å². The highest BCUT2D eigenvalue weighted by atomic mass is 16.8. The summed E-state index contributed by atoms with van der Waals surface area (Å²) in [5, 5.41) is 0.753. The number of carbonyl (C=O) groups is 2. The van der Waals surface area contributed by atoms with E-state index >= 15 is 0 Å². The van der Waals surface area contributed by atoms with Crippen LogP contribution in [0.2, 0.25) is 0 Å². The average Bonchev–Trinajstić information content (AvgIpc) is 2.78. The Morgan fingerprint density at radius 1 is 0.952 bits per heavy atom. The maximum Gasteiger partial charge on any atom is 0.254 e. The highest BCUT2D eigenvalue weighted by molar-refractivity contribution is 6.00. The summed E-state index contributed by atoms with van der Waals surface area (Å²) in [4.78, 5) is 28.7. The first kappa shape index (κ1) is 16.3. The summed E-state index contributed by atoms with van der Waals surface area (Å²) in [7, 11) is 4.56. The van der Waals surface area contributed by atoms with Gasteiger partial charge in [-0.25, -0.2) is 4.84 Å². The molecule has 0 aromatic rings. The van der Waals surface area contributed by atoms with E-state index in [1.165, 1.54) is 14.2 Å². The van der Waals surface area contributed by atoms with E-state index in [1.807, 2.05) is 0 Å². The number of hydrogen-bond acceptors (Lipinski definition) is 7. The molecule has 8 heteroatoms. The summed E-state index contributed by atoms with van der Waals surface area (Å²) < 4.78 is 21.8. The zero-order valence-corrected chi connectivity index (χ0v) is 12.6. The molecule has 8 nitrogen and oxygen atoms in total. The second-order valence-corrected chi connectivity index (χ2v) is 5.00. The number of nitrogens with zero attached hydrogens (tertiary/aromatic N) is 1. The molecular weight excluding hydrogens is 282 g/mol. The normalized spacial score (nSPS) is 37.3. The van der Waals surface area contributed by atoms with Crippen molar-refractivity contribution in [3.8, 4) is 0 Å². The van der Waals surface area contributed by atoms with Gasteiger partial charge in [-0.15, -0.1) is 0 Å². The first-order valence-corrected chi connectivity index (χ1v) is 6.79. The molecule has 0 aromatic heterocycles. The molecule has 2 rings (SSSR count). The Morgan fingerprint density at radius 3 is 1.95 bits per heavy atom. The van der Waals surface area contributed by atoms with Crippen LogP contribution >= 0.6 is 0 Å². The number of hydrogen-bond donors (Lipinski definition) is 0. The second kappa shape index (κ2) is 6.80. The standard InChI is InChI=1S/C13H21NO7/c1-7-10(17-2)11(18-3)12(19-4)13(20-7)21-14-8(15)5-6-9(14)16/h7,10-13H,5-6H2,1-4H3/t7-,10-,11-,12-,13-/m0/s1. The van der Waals surface area contributed by atoms with E-state index in [2.05, 4.69) is 0 Å². The predicted octanol–water partition coefficient (Wildman–Crippen LogP) is -0.143. The Labute approximate surface area is 123 Å². The number of imide groups is 1. The molecule has 2 fully saturated rings. The molecular formula is C13H21NO7. The van der Waals surface area contributed by atoms with Gasteiger partial charge in [0.2, 0.25) is 6.29 Å². The van der Waals surface area contributed by atoms with Crippen LogP contribution in [0.5, 0.6) is 0 Å². The van der Waals surface area contributed by atoms with Gasteiger partial charge in [-0.05, 0) is 6.92 Å². The SMILES string of the molecule is CO[C@@H]1[C@H](OC)[C@H](ON2C(=O)CCC2=O)O[C@@H](C)[C@@H]1OC. The predicted molar refractivity (Wildman–Crippen MR) is 68.9 cm³/mol. The summed E-state index contributed by atoms with van der Waals surface area (Å²) >= 11 is 0. The Morgan fingerprint density at radius 2 is 1.48 bits per heavy atom.